The normalized spacial score (nSPS) is 19.6. The van der Waals surface area contributed by atoms with Crippen molar-refractivity contribution >= 4 is 0 Å². The van der Waals surface area contributed by atoms with Crippen LogP contribution < -0.4 is 0 Å². The average molecular weight is 95.1 g/mol. The summed E-state index contributed by atoms with van der Waals surface area (Å²) in [6, 6.07) is 0. The molecule has 1 heterocycles. The van der Waals surface area contributed by atoms with E-state index in [2.05, 4.69) is 12.6 Å². The van der Waals surface area contributed by atoms with Gasteiger partial charge in [0.1, 0.15) is 0 Å². The fourth-order valence-electron chi connectivity index (χ4n) is 0.676. The van der Waals surface area contributed by atoms with Crippen LogP contribution in [0.15, 0.2) is 0 Å². The predicted molar refractivity (Wildman–Crippen MR) is 26.1 cm³/mol. The summed E-state index contributed by atoms with van der Waals surface area (Å²) < 4.78 is 0. The lowest BCUT2D eigenvalue weighted by atomic mass is 10.4. The van der Waals surface area contributed by atoms with Crippen molar-refractivity contribution in [2.45, 2.75) is 6.42 Å². The van der Waals surface area contributed by atoms with Crippen LogP contribution in [0.25, 0.3) is 0 Å². The second kappa shape index (κ2) is 1.83. The van der Waals surface area contributed by atoms with Crippen molar-refractivity contribution < 1.29 is 0 Å². The second-order valence-corrected chi connectivity index (χ2v) is 1.62. The minimum absolute atomic E-state index is 0.858. The van der Waals surface area contributed by atoms with Crippen molar-refractivity contribution in [2.75, 3.05) is 13.1 Å². The smallest absolute Gasteiger partial charge is 0.179 e. The molecule has 0 aromatic carbocycles. The summed E-state index contributed by atoms with van der Waals surface area (Å²) in [7, 11) is 0. The van der Waals surface area contributed by atoms with Crippen molar-refractivity contribution in [1.82, 2.24) is 4.90 Å². The van der Waals surface area contributed by atoms with Crippen LogP contribution >= 0.6 is 0 Å². The molecule has 0 aromatic heterocycles. The summed E-state index contributed by atoms with van der Waals surface area (Å²) in [5.41, 5.74) is 0. The zero-order chi connectivity index (χ0) is 5.11. The first kappa shape index (κ1) is 4.45. The van der Waals surface area contributed by atoms with E-state index in [0.29, 0.717) is 0 Å². The van der Waals surface area contributed by atoms with E-state index in [4.69, 9.17) is 5.26 Å². The van der Waals surface area contributed by atoms with Gasteiger partial charge in [0.05, 0.1) is 0 Å². The maximum Gasteiger partial charge on any atom is 0.179 e. The average Bonchev–Trinajstić information content (AvgIpc) is 2.14. The molecule has 0 bridgehead atoms. The van der Waals surface area contributed by atoms with E-state index in [-0.39, 0.29) is 0 Å². The third-order valence-electron chi connectivity index (χ3n) is 1.09. The van der Waals surface area contributed by atoms with Gasteiger partial charge in [-0.1, -0.05) is 0 Å². The minimum atomic E-state index is 0.858. The molecule has 1 fully saturated rings. The maximum atomic E-state index is 8.22. The van der Waals surface area contributed by atoms with Crippen LogP contribution in [0.3, 0.4) is 0 Å². The van der Waals surface area contributed by atoms with E-state index in [0.717, 1.165) is 19.5 Å². The van der Waals surface area contributed by atoms with Crippen LogP contribution in [0.4, 0.5) is 0 Å². The number of hydrogen-bond donors (Lipinski definition) is 0. The standard InChI is InChI=1S/C5H7N2/c6-5-7-3-1-2-4-7/h1H,2-4H2. The monoisotopic (exact) mass is 95.1 g/mol. The summed E-state index contributed by atoms with van der Waals surface area (Å²) in [6.07, 6.45) is 5.26. The molecule has 7 heavy (non-hydrogen) atoms. The van der Waals surface area contributed by atoms with E-state index in [1.807, 2.05) is 0 Å². The highest BCUT2D eigenvalue weighted by molar-refractivity contribution is 4.87. The zero-order valence-electron chi connectivity index (χ0n) is 4.09. The predicted octanol–water partition coefficient (Wildman–Crippen LogP) is 0.377. The fourth-order valence-corrected chi connectivity index (χ4v) is 0.676. The molecule has 37 valence electrons. The van der Waals surface area contributed by atoms with Gasteiger partial charge in [0.15, 0.2) is 6.19 Å². The van der Waals surface area contributed by atoms with Crippen molar-refractivity contribution in [3.8, 4) is 6.19 Å². The molecule has 1 aliphatic heterocycles. The summed E-state index contributed by atoms with van der Waals surface area (Å²) in [4.78, 5) is 1.74. The fraction of sp³-hybridized carbons (Fsp3) is 0.600. The van der Waals surface area contributed by atoms with Crippen LogP contribution in [0.1, 0.15) is 6.42 Å². The molecule has 1 radical (unpaired) electrons. The summed E-state index contributed by atoms with van der Waals surface area (Å²) in [5, 5.41) is 8.22. The quantitative estimate of drug-likeness (QED) is 0.406. The molecule has 1 rings (SSSR count). The van der Waals surface area contributed by atoms with Crippen molar-refractivity contribution in [2.24, 2.45) is 0 Å². The van der Waals surface area contributed by atoms with E-state index >= 15 is 0 Å². The Morgan fingerprint density at radius 1 is 1.71 bits per heavy atom. The molecule has 2 heteroatoms. The first-order chi connectivity index (χ1) is 3.43. The van der Waals surface area contributed by atoms with E-state index in [9.17, 15) is 0 Å². The Morgan fingerprint density at radius 3 is 2.86 bits per heavy atom. The Hall–Kier alpha value is -0.710. The first-order valence-corrected chi connectivity index (χ1v) is 2.40. The van der Waals surface area contributed by atoms with Crippen molar-refractivity contribution in [1.29, 1.82) is 5.26 Å². The van der Waals surface area contributed by atoms with Gasteiger partial charge >= 0.3 is 0 Å². The number of rotatable bonds is 0. The van der Waals surface area contributed by atoms with Gasteiger partial charge in [0.25, 0.3) is 0 Å². The highest BCUT2D eigenvalue weighted by Crippen LogP contribution is 2.02. The highest BCUT2D eigenvalue weighted by Gasteiger charge is 2.07. The van der Waals surface area contributed by atoms with Gasteiger partial charge in [-0.25, -0.2) is 0 Å². The third kappa shape index (κ3) is 0.833. The molecule has 0 aromatic rings. The molecular formula is C5H7N2. The first-order valence-electron chi connectivity index (χ1n) is 2.40. The number of hydrogen-bond acceptors (Lipinski definition) is 2. The molecule has 0 atom stereocenters. The van der Waals surface area contributed by atoms with Gasteiger partial charge in [-0.2, -0.15) is 5.26 Å². The van der Waals surface area contributed by atoms with Gasteiger partial charge in [0, 0.05) is 13.1 Å². The topological polar surface area (TPSA) is 27.0 Å². The highest BCUT2D eigenvalue weighted by atomic mass is 15.1. The zero-order valence-corrected chi connectivity index (χ0v) is 4.09. The van der Waals surface area contributed by atoms with Gasteiger partial charge in [-0.15, -0.1) is 0 Å². The third-order valence-corrected chi connectivity index (χ3v) is 1.09. The lowest BCUT2D eigenvalue weighted by molar-refractivity contribution is 0.494. The molecule has 2 nitrogen and oxygen atoms in total. The molecule has 1 saturated heterocycles. The van der Waals surface area contributed by atoms with Crippen LogP contribution in [0.5, 0.6) is 0 Å². The molecule has 0 N–H and O–H groups in total. The lowest BCUT2D eigenvalue weighted by Crippen LogP contribution is -2.10. The van der Waals surface area contributed by atoms with Crippen LogP contribution in [-0.2, 0) is 0 Å². The largest absolute Gasteiger partial charge is 0.310 e. The van der Waals surface area contributed by atoms with E-state index in [1.165, 1.54) is 0 Å². The van der Waals surface area contributed by atoms with Crippen molar-refractivity contribution in [3.05, 3.63) is 6.42 Å². The minimum Gasteiger partial charge on any atom is -0.310 e. The Labute approximate surface area is 43.3 Å². The van der Waals surface area contributed by atoms with E-state index < -0.39 is 0 Å². The lowest BCUT2D eigenvalue weighted by Gasteiger charge is -2.00. The van der Waals surface area contributed by atoms with Gasteiger partial charge in [0.2, 0.25) is 0 Å². The molecular weight excluding hydrogens is 88.1 g/mol. The van der Waals surface area contributed by atoms with Crippen LogP contribution in [0.2, 0.25) is 0 Å². The summed E-state index contributed by atoms with van der Waals surface area (Å²) >= 11 is 0. The maximum absolute atomic E-state index is 8.22. The Balaban J connectivity index is 2.31. The molecule has 0 aliphatic carbocycles. The van der Waals surface area contributed by atoms with Crippen LogP contribution in [-0.4, -0.2) is 18.0 Å². The second-order valence-electron chi connectivity index (χ2n) is 1.62. The van der Waals surface area contributed by atoms with Gasteiger partial charge in [-0.05, 0) is 12.8 Å². The van der Waals surface area contributed by atoms with E-state index in [1.54, 1.807) is 4.90 Å². The van der Waals surface area contributed by atoms with Crippen molar-refractivity contribution in [3.63, 3.8) is 0 Å². The van der Waals surface area contributed by atoms with Gasteiger partial charge in [-0.3, -0.25) is 0 Å². The number of likely N-dealkylation sites (tertiary alicyclic amines) is 1. The van der Waals surface area contributed by atoms with Gasteiger partial charge < -0.3 is 4.90 Å². The summed E-state index contributed by atoms with van der Waals surface area (Å²) in [6.45, 7) is 1.78. The Bertz CT molecular complexity index is 86.7. The molecule has 0 saturated carbocycles. The number of nitrogens with zero attached hydrogens (tertiary/aromatic N) is 2. The Morgan fingerprint density at radius 2 is 2.57 bits per heavy atom. The number of nitriles is 1. The molecule has 0 spiro atoms. The Kier molecular flexibility index (Phi) is 1.16. The summed E-state index contributed by atoms with van der Waals surface area (Å²) in [5.74, 6) is 0. The molecule has 0 unspecified atom stereocenters. The van der Waals surface area contributed by atoms with Crippen LogP contribution in [0, 0.1) is 17.9 Å². The molecule has 0 amide bonds. The molecule has 1 aliphatic rings. The SMILES string of the molecule is N#CN1C[CH]CC1.